The van der Waals surface area contributed by atoms with Gasteiger partial charge >= 0.3 is 5.63 Å². The molecule has 1 aliphatic heterocycles. The van der Waals surface area contributed by atoms with Crippen molar-refractivity contribution >= 4 is 28.6 Å². The van der Waals surface area contributed by atoms with E-state index in [0.717, 1.165) is 24.2 Å². The van der Waals surface area contributed by atoms with Gasteiger partial charge in [-0.15, -0.1) is 0 Å². The van der Waals surface area contributed by atoms with E-state index in [1.165, 1.54) is 0 Å². The predicted octanol–water partition coefficient (Wildman–Crippen LogP) is 2.99. The molecule has 8 heteroatoms. The lowest BCUT2D eigenvalue weighted by molar-refractivity contribution is -0.121. The molecule has 0 aliphatic carbocycles. The number of aliphatic hydroxyl groups is 1. The predicted molar refractivity (Wildman–Crippen MR) is 123 cm³/mol. The molecule has 1 aromatic carbocycles. The second kappa shape index (κ2) is 9.53. The van der Waals surface area contributed by atoms with Gasteiger partial charge in [0.15, 0.2) is 0 Å². The lowest BCUT2D eigenvalue weighted by Crippen LogP contribution is -2.39. The SMILES string of the molecule is COc1cc2c(c3oc(=O)c(CC(=O)N[C@@H](CO)CCSC)c(C)c13)CCC(C)(C)O2. The van der Waals surface area contributed by atoms with E-state index in [4.69, 9.17) is 13.9 Å². The first-order chi connectivity index (χ1) is 14.7. The minimum Gasteiger partial charge on any atom is -0.496 e. The number of nitrogens with one attached hydrogen (secondary N) is 1. The molecule has 3 rings (SSSR count). The Morgan fingerprint density at radius 3 is 2.81 bits per heavy atom. The van der Waals surface area contributed by atoms with E-state index in [1.807, 2.05) is 33.1 Å². The van der Waals surface area contributed by atoms with Crippen molar-refractivity contribution in [3.63, 3.8) is 0 Å². The summed E-state index contributed by atoms with van der Waals surface area (Å²) >= 11 is 1.65. The molecule has 7 nitrogen and oxygen atoms in total. The average molecular weight is 450 g/mol. The molecular formula is C23H31NO6S. The van der Waals surface area contributed by atoms with Gasteiger partial charge in [0.2, 0.25) is 5.91 Å². The zero-order chi connectivity index (χ0) is 22.8. The number of carbonyl (C=O) groups excluding carboxylic acids is 1. The van der Waals surface area contributed by atoms with Crippen molar-refractivity contribution < 1.29 is 23.8 Å². The lowest BCUT2D eigenvalue weighted by Gasteiger charge is -2.33. The van der Waals surface area contributed by atoms with Crippen LogP contribution < -0.4 is 20.4 Å². The van der Waals surface area contributed by atoms with E-state index < -0.39 is 5.63 Å². The van der Waals surface area contributed by atoms with Crippen LogP contribution in [0.5, 0.6) is 11.5 Å². The number of aliphatic hydroxyl groups excluding tert-OH is 1. The van der Waals surface area contributed by atoms with Crippen molar-refractivity contribution in [1.82, 2.24) is 5.32 Å². The standard InChI is InChI=1S/C23H31NO6S/c1-13-16(10-19(26)24-14(12-25)7-9-31-5)22(27)29-21-15-6-8-23(2,3)30-17(15)11-18(28-4)20(13)21/h11,14,25H,6-10,12H2,1-5H3,(H,24,26)/t14-/m1/s1. The molecule has 0 fully saturated rings. The molecule has 0 saturated carbocycles. The summed E-state index contributed by atoms with van der Waals surface area (Å²) in [5, 5.41) is 13.0. The van der Waals surface area contributed by atoms with E-state index in [-0.39, 0.29) is 30.6 Å². The fraction of sp³-hybridized carbons (Fsp3) is 0.565. The van der Waals surface area contributed by atoms with Crippen molar-refractivity contribution in [1.29, 1.82) is 0 Å². The van der Waals surface area contributed by atoms with Crippen molar-refractivity contribution in [2.45, 2.75) is 58.1 Å². The summed E-state index contributed by atoms with van der Waals surface area (Å²) in [6.07, 6.45) is 4.03. The van der Waals surface area contributed by atoms with E-state index in [0.29, 0.717) is 40.0 Å². The quantitative estimate of drug-likeness (QED) is 0.598. The lowest BCUT2D eigenvalue weighted by atomic mass is 9.91. The number of hydrogen-bond donors (Lipinski definition) is 2. The molecule has 31 heavy (non-hydrogen) atoms. The molecule has 1 aromatic heterocycles. The fourth-order valence-corrected chi connectivity index (χ4v) is 4.48. The summed E-state index contributed by atoms with van der Waals surface area (Å²) in [6.45, 7) is 5.71. The van der Waals surface area contributed by atoms with E-state index in [9.17, 15) is 14.7 Å². The number of benzene rings is 1. The van der Waals surface area contributed by atoms with Gasteiger partial charge in [0.25, 0.3) is 0 Å². The van der Waals surface area contributed by atoms with Gasteiger partial charge in [0, 0.05) is 11.6 Å². The van der Waals surface area contributed by atoms with Crippen LogP contribution in [0.15, 0.2) is 15.3 Å². The largest absolute Gasteiger partial charge is 0.496 e. The van der Waals surface area contributed by atoms with Crippen LogP contribution in [-0.2, 0) is 17.6 Å². The summed E-state index contributed by atoms with van der Waals surface area (Å²) in [6, 6.07) is 1.49. The Kier molecular flexibility index (Phi) is 7.21. The zero-order valence-electron chi connectivity index (χ0n) is 18.8. The highest BCUT2D eigenvalue weighted by molar-refractivity contribution is 7.98. The van der Waals surface area contributed by atoms with Crippen LogP contribution in [0.2, 0.25) is 0 Å². The zero-order valence-corrected chi connectivity index (χ0v) is 19.6. The highest BCUT2D eigenvalue weighted by Gasteiger charge is 2.31. The van der Waals surface area contributed by atoms with Gasteiger partial charge in [-0.3, -0.25) is 4.79 Å². The highest BCUT2D eigenvalue weighted by atomic mass is 32.2. The number of carbonyl (C=O) groups is 1. The minimum atomic E-state index is -0.537. The molecule has 1 amide bonds. The molecule has 0 saturated heterocycles. The molecule has 0 unspecified atom stereocenters. The molecule has 2 N–H and O–H groups in total. The van der Waals surface area contributed by atoms with Crippen LogP contribution in [0.3, 0.4) is 0 Å². The van der Waals surface area contributed by atoms with Gasteiger partial charge in [-0.25, -0.2) is 4.79 Å². The maximum atomic E-state index is 12.8. The first-order valence-electron chi connectivity index (χ1n) is 10.4. The van der Waals surface area contributed by atoms with E-state index in [1.54, 1.807) is 18.9 Å². The third kappa shape index (κ3) is 5.01. The number of aryl methyl sites for hydroxylation is 2. The van der Waals surface area contributed by atoms with Gasteiger partial charge in [0.05, 0.1) is 37.1 Å². The topological polar surface area (TPSA) is 98.0 Å². The van der Waals surface area contributed by atoms with Crippen molar-refractivity contribution in [2.24, 2.45) is 0 Å². The van der Waals surface area contributed by atoms with Crippen LogP contribution in [0.1, 0.15) is 43.4 Å². The average Bonchev–Trinajstić information content (AvgIpc) is 2.72. The fourth-order valence-electron chi connectivity index (χ4n) is 3.96. The van der Waals surface area contributed by atoms with Gasteiger partial charge < -0.3 is 24.3 Å². The Bertz CT molecular complexity index is 1030. The first-order valence-corrected chi connectivity index (χ1v) is 11.8. The third-order valence-corrected chi connectivity index (χ3v) is 6.40. The maximum absolute atomic E-state index is 12.8. The highest BCUT2D eigenvalue weighted by Crippen LogP contribution is 2.43. The Morgan fingerprint density at radius 2 is 2.16 bits per heavy atom. The van der Waals surface area contributed by atoms with Crippen molar-refractivity contribution in [2.75, 3.05) is 25.7 Å². The molecule has 2 aromatic rings. The number of ether oxygens (including phenoxy) is 2. The second-order valence-corrected chi connectivity index (χ2v) is 9.51. The van der Waals surface area contributed by atoms with Crippen LogP contribution in [0.25, 0.3) is 11.0 Å². The minimum absolute atomic E-state index is 0.121. The Balaban J connectivity index is 2.00. The monoisotopic (exact) mass is 449 g/mol. The van der Waals surface area contributed by atoms with Gasteiger partial charge in [-0.1, -0.05) is 0 Å². The summed E-state index contributed by atoms with van der Waals surface area (Å²) in [4.78, 5) is 25.4. The molecule has 170 valence electrons. The number of thioether (sulfide) groups is 1. The van der Waals surface area contributed by atoms with Gasteiger partial charge in [-0.05, 0) is 57.6 Å². The normalized spacial score (nSPS) is 15.8. The van der Waals surface area contributed by atoms with Crippen LogP contribution in [0.4, 0.5) is 0 Å². The van der Waals surface area contributed by atoms with E-state index in [2.05, 4.69) is 5.32 Å². The second-order valence-electron chi connectivity index (χ2n) is 8.52. The van der Waals surface area contributed by atoms with Crippen molar-refractivity contribution in [3.05, 3.63) is 33.2 Å². The van der Waals surface area contributed by atoms with Crippen LogP contribution in [0, 0.1) is 6.92 Å². The number of methoxy groups -OCH3 is 1. The Morgan fingerprint density at radius 1 is 1.42 bits per heavy atom. The number of hydrogen-bond acceptors (Lipinski definition) is 7. The molecule has 0 radical (unpaired) electrons. The molecule has 2 heterocycles. The maximum Gasteiger partial charge on any atom is 0.340 e. The Hall–Kier alpha value is -2.19. The summed E-state index contributed by atoms with van der Waals surface area (Å²) < 4.78 is 17.4. The number of amides is 1. The van der Waals surface area contributed by atoms with Gasteiger partial charge in [0.1, 0.15) is 22.7 Å². The van der Waals surface area contributed by atoms with Crippen LogP contribution >= 0.6 is 11.8 Å². The van der Waals surface area contributed by atoms with Gasteiger partial charge in [-0.2, -0.15) is 11.8 Å². The summed E-state index contributed by atoms with van der Waals surface area (Å²) in [7, 11) is 1.56. The van der Waals surface area contributed by atoms with Crippen LogP contribution in [-0.4, -0.2) is 48.4 Å². The molecule has 1 atom stereocenters. The number of rotatable bonds is 8. The Labute approximate surface area is 186 Å². The van der Waals surface area contributed by atoms with E-state index >= 15 is 0 Å². The third-order valence-electron chi connectivity index (χ3n) is 5.75. The summed E-state index contributed by atoms with van der Waals surface area (Å²) in [5.74, 6) is 1.71. The molecule has 0 bridgehead atoms. The summed E-state index contributed by atoms with van der Waals surface area (Å²) in [5.41, 5.74) is 1.43. The molecule has 1 aliphatic rings. The smallest absolute Gasteiger partial charge is 0.340 e. The molecular weight excluding hydrogens is 418 g/mol. The molecule has 0 spiro atoms. The first kappa shape index (κ1) is 23.5. The van der Waals surface area contributed by atoms with Crippen molar-refractivity contribution in [3.8, 4) is 11.5 Å². The number of fused-ring (bicyclic) bond motifs is 3.